The lowest BCUT2D eigenvalue weighted by molar-refractivity contribution is 0.475. The Morgan fingerprint density at radius 3 is 2.00 bits per heavy atom. The summed E-state index contributed by atoms with van der Waals surface area (Å²) >= 11 is 1.73. The number of aromatic nitrogens is 1. The van der Waals surface area contributed by atoms with Crippen LogP contribution in [-0.2, 0) is 0 Å². The Labute approximate surface area is 202 Å². The van der Waals surface area contributed by atoms with Crippen molar-refractivity contribution in [2.45, 2.75) is 0 Å². The zero-order valence-electron chi connectivity index (χ0n) is 19.6. The highest BCUT2D eigenvalue weighted by molar-refractivity contribution is 7.22. The number of benzene rings is 4. The summed E-state index contributed by atoms with van der Waals surface area (Å²) in [5.74, 6) is 0.501. The number of hydrogen-bond acceptors (Lipinski definition) is 5. The number of fused-ring (bicyclic) bond motifs is 2. The Bertz CT molecular complexity index is 1550. The molecular formula is C28H26N3O2S+. The zero-order chi connectivity index (χ0) is 24.0. The summed E-state index contributed by atoms with van der Waals surface area (Å²) in [4.78, 5) is 8.27. The molecule has 0 saturated carbocycles. The number of phenolic OH excluding ortho intramolecular Hbond substituents is 2. The minimum absolute atomic E-state index is 0.250. The van der Waals surface area contributed by atoms with Gasteiger partial charge in [0.15, 0.2) is 0 Å². The van der Waals surface area contributed by atoms with Crippen LogP contribution in [0.4, 0.5) is 5.69 Å². The standard InChI is InChI=1S/C28H25N3O2S/c1-30(2)24-14-13-22-28(27(24)18-7-11-20(33)12-8-18)34-26-16-25(31(3)4)21(15-23(26)29-22)17-5-9-19(32)10-6-17/h5-16H,1-4H3,(H-,29,32,33)/p+1. The first-order chi connectivity index (χ1) is 16.3. The molecule has 0 spiro atoms. The van der Waals surface area contributed by atoms with Gasteiger partial charge >= 0.3 is 0 Å². The number of aromatic hydroxyl groups is 2. The van der Waals surface area contributed by atoms with E-state index < -0.39 is 0 Å². The molecule has 0 amide bonds. The lowest BCUT2D eigenvalue weighted by Crippen LogP contribution is -2.24. The SMILES string of the molecule is CN(C)c1cc2sc3c(-c4ccc(O)cc4)c(=[N+](C)C)ccc-3nc2cc1-c1ccc(O)cc1. The molecule has 0 aromatic heterocycles. The van der Waals surface area contributed by atoms with E-state index in [2.05, 4.69) is 33.7 Å². The second kappa shape index (κ2) is 8.47. The van der Waals surface area contributed by atoms with Gasteiger partial charge in [-0.1, -0.05) is 24.3 Å². The highest BCUT2D eigenvalue weighted by Crippen LogP contribution is 2.41. The molecule has 0 bridgehead atoms. The van der Waals surface area contributed by atoms with Crippen LogP contribution in [0, 0.1) is 0 Å². The number of nitrogens with zero attached hydrogens (tertiary/aromatic N) is 3. The third kappa shape index (κ3) is 3.86. The van der Waals surface area contributed by atoms with Crippen molar-refractivity contribution >= 4 is 27.2 Å². The van der Waals surface area contributed by atoms with Crippen LogP contribution in [0.15, 0.2) is 72.8 Å². The van der Waals surface area contributed by atoms with Crippen LogP contribution < -0.4 is 14.8 Å². The van der Waals surface area contributed by atoms with Gasteiger partial charge in [0.25, 0.3) is 0 Å². The normalized spacial score (nSPS) is 11.2. The first kappa shape index (κ1) is 21.9. The van der Waals surface area contributed by atoms with Gasteiger partial charge in [0.1, 0.15) is 25.6 Å². The van der Waals surface area contributed by atoms with Crippen LogP contribution in [0.1, 0.15) is 0 Å². The van der Waals surface area contributed by atoms with Gasteiger partial charge in [-0.25, -0.2) is 9.56 Å². The average Bonchev–Trinajstić information content (AvgIpc) is 2.82. The molecule has 2 N–H and O–H groups in total. The third-order valence-corrected chi connectivity index (χ3v) is 7.11. The van der Waals surface area contributed by atoms with Crippen molar-refractivity contribution in [2.75, 3.05) is 33.1 Å². The summed E-state index contributed by atoms with van der Waals surface area (Å²) in [5, 5.41) is 20.6. The molecule has 3 aromatic rings. The van der Waals surface area contributed by atoms with Crippen molar-refractivity contribution in [1.82, 2.24) is 9.56 Å². The van der Waals surface area contributed by atoms with Gasteiger partial charge in [-0.05, 0) is 53.6 Å². The van der Waals surface area contributed by atoms with E-state index in [0.29, 0.717) is 0 Å². The Morgan fingerprint density at radius 1 is 0.794 bits per heavy atom. The number of hydrogen-bond donors (Lipinski definition) is 2. The van der Waals surface area contributed by atoms with Gasteiger partial charge in [-0.2, -0.15) is 0 Å². The molecule has 0 saturated heterocycles. The summed E-state index contributed by atoms with van der Waals surface area (Å²) in [6.07, 6.45) is 0. The van der Waals surface area contributed by atoms with E-state index in [-0.39, 0.29) is 11.5 Å². The molecule has 1 heterocycles. The van der Waals surface area contributed by atoms with Crippen LogP contribution in [0.3, 0.4) is 0 Å². The topological polar surface area (TPSA) is 59.6 Å². The van der Waals surface area contributed by atoms with Crippen LogP contribution >= 0.6 is 11.3 Å². The van der Waals surface area contributed by atoms with Crippen molar-refractivity contribution in [3.8, 4) is 44.3 Å². The average molecular weight is 469 g/mol. The Hall–Kier alpha value is -3.90. The summed E-state index contributed by atoms with van der Waals surface area (Å²) in [6.45, 7) is 0. The highest BCUT2D eigenvalue weighted by atomic mass is 32.1. The van der Waals surface area contributed by atoms with E-state index in [1.165, 1.54) is 0 Å². The maximum absolute atomic E-state index is 9.82. The maximum Gasteiger partial charge on any atom is 0.208 e. The number of anilines is 1. The van der Waals surface area contributed by atoms with Gasteiger partial charge in [0, 0.05) is 31.4 Å². The monoisotopic (exact) mass is 468 g/mol. The molecule has 1 aliphatic carbocycles. The second-order valence-corrected chi connectivity index (χ2v) is 9.79. The predicted octanol–water partition coefficient (Wildman–Crippen LogP) is 5.24. The lowest BCUT2D eigenvalue weighted by atomic mass is 10.0. The van der Waals surface area contributed by atoms with Gasteiger partial charge in [0.2, 0.25) is 5.36 Å². The Balaban J connectivity index is 1.83. The smallest absolute Gasteiger partial charge is 0.208 e. The lowest BCUT2D eigenvalue weighted by Gasteiger charge is -2.20. The van der Waals surface area contributed by atoms with Crippen LogP contribution in [0.25, 0.3) is 43.0 Å². The molecule has 2 aliphatic rings. The maximum atomic E-state index is 9.82. The molecule has 5 rings (SSSR count). The largest absolute Gasteiger partial charge is 0.508 e. The minimum atomic E-state index is 0.250. The molecule has 170 valence electrons. The van der Waals surface area contributed by atoms with E-state index in [9.17, 15) is 10.2 Å². The Kier molecular flexibility index (Phi) is 5.46. The number of phenols is 2. The summed E-state index contributed by atoms with van der Waals surface area (Å²) in [7, 11) is 8.16. The van der Waals surface area contributed by atoms with Crippen LogP contribution in [0.5, 0.6) is 11.5 Å². The van der Waals surface area contributed by atoms with E-state index >= 15 is 0 Å². The van der Waals surface area contributed by atoms with Crippen molar-refractivity contribution in [3.05, 3.63) is 78.2 Å². The first-order valence-corrected chi connectivity index (χ1v) is 11.8. The van der Waals surface area contributed by atoms with Gasteiger partial charge in [0.05, 0.1) is 26.4 Å². The minimum Gasteiger partial charge on any atom is -0.508 e. The third-order valence-electron chi connectivity index (χ3n) is 5.94. The Morgan fingerprint density at radius 2 is 1.41 bits per heavy atom. The number of rotatable bonds is 3. The molecule has 5 nitrogen and oxygen atoms in total. The summed E-state index contributed by atoms with van der Waals surface area (Å²) in [6, 6.07) is 23.1. The second-order valence-electron chi connectivity index (χ2n) is 8.74. The fraction of sp³-hybridized carbons (Fsp3) is 0.143. The predicted molar refractivity (Wildman–Crippen MR) is 142 cm³/mol. The molecule has 3 aromatic carbocycles. The van der Waals surface area contributed by atoms with Crippen LogP contribution in [-0.4, -0.2) is 43.4 Å². The molecular weight excluding hydrogens is 442 g/mol. The molecule has 1 aliphatic heterocycles. The van der Waals surface area contributed by atoms with E-state index in [1.807, 2.05) is 52.5 Å². The molecule has 0 radical (unpaired) electrons. The van der Waals surface area contributed by atoms with Gasteiger partial charge in [-0.3, -0.25) is 0 Å². The zero-order valence-corrected chi connectivity index (χ0v) is 20.4. The highest BCUT2D eigenvalue weighted by Gasteiger charge is 2.20. The van der Waals surface area contributed by atoms with E-state index in [4.69, 9.17) is 4.98 Å². The van der Waals surface area contributed by atoms with Gasteiger partial charge < -0.3 is 15.1 Å². The quantitative estimate of drug-likeness (QED) is 0.281. The van der Waals surface area contributed by atoms with E-state index in [1.54, 1.807) is 35.6 Å². The van der Waals surface area contributed by atoms with Crippen molar-refractivity contribution in [3.63, 3.8) is 0 Å². The molecule has 0 unspecified atom stereocenters. The molecule has 6 heteroatoms. The fourth-order valence-electron chi connectivity index (χ4n) is 4.24. The molecule has 0 fully saturated rings. The summed E-state index contributed by atoms with van der Waals surface area (Å²) < 4.78 is 3.20. The van der Waals surface area contributed by atoms with Crippen molar-refractivity contribution in [1.29, 1.82) is 0 Å². The van der Waals surface area contributed by atoms with Crippen molar-refractivity contribution in [2.24, 2.45) is 0 Å². The van der Waals surface area contributed by atoms with Gasteiger partial charge in [-0.15, -0.1) is 11.3 Å². The molecule has 34 heavy (non-hydrogen) atoms. The van der Waals surface area contributed by atoms with Crippen molar-refractivity contribution < 1.29 is 10.2 Å². The first-order valence-electron chi connectivity index (χ1n) is 11.0. The van der Waals surface area contributed by atoms with E-state index in [0.717, 1.165) is 54.1 Å². The van der Waals surface area contributed by atoms with Crippen LogP contribution in [0.2, 0.25) is 0 Å². The summed E-state index contributed by atoms with van der Waals surface area (Å²) in [5.41, 5.74) is 7.20. The molecule has 0 atom stereocenters. The fourth-order valence-corrected chi connectivity index (χ4v) is 5.38.